The van der Waals surface area contributed by atoms with E-state index < -0.39 is 0 Å². The van der Waals surface area contributed by atoms with Crippen LogP contribution in [0, 0.1) is 5.92 Å². The van der Waals surface area contributed by atoms with Gasteiger partial charge in [-0.05, 0) is 69.6 Å². The maximum atomic E-state index is 3.52. The Balaban J connectivity index is 0.00000200. The van der Waals surface area contributed by atoms with Gasteiger partial charge in [-0.15, -0.1) is 12.4 Å². The molecule has 1 aliphatic rings. The molecule has 1 aromatic rings. The fourth-order valence-corrected chi connectivity index (χ4v) is 3.41. The van der Waals surface area contributed by atoms with E-state index in [0.717, 1.165) is 5.92 Å². The lowest BCUT2D eigenvalue weighted by atomic mass is 9.93. The molecule has 1 fully saturated rings. The summed E-state index contributed by atoms with van der Waals surface area (Å²) in [6.07, 6.45) is 3.85. The van der Waals surface area contributed by atoms with Crippen LogP contribution in [0.15, 0.2) is 28.7 Å². The Labute approximate surface area is 137 Å². The van der Waals surface area contributed by atoms with Crippen LogP contribution in [0.3, 0.4) is 0 Å². The van der Waals surface area contributed by atoms with E-state index in [2.05, 4.69) is 64.4 Å². The SMILES string of the molecule is CCC(c1ccc(Br)cc1)N1CCC(CNC)CC1.Cl. The molecule has 0 amide bonds. The highest BCUT2D eigenvalue weighted by molar-refractivity contribution is 9.10. The standard InChI is InChI=1S/C16H25BrN2.ClH/c1-3-16(14-4-6-15(17)7-5-14)19-10-8-13(9-11-19)12-18-2;/h4-7,13,16,18H,3,8-12H2,1-2H3;1H. The lowest BCUT2D eigenvalue weighted by Crippen LogP contribution is -2.38. The highest BCUT2D eigenvalue weighted by atomic mass is 79.9. The molecule has 1 heterocycles. The first-order valence-electron chi connectivity index (χ1n) is 7.38. The molecule has 4 heteroatoms. The lowest BCUT2D eigenvalue weighted by Gasteiger charge is -2.37. The minimum absolute atomic E-state index is 0. The van der Waals surface area contributed by atoms with Gasteiger partial charge in [0, 0.05) is 10.5 Å². The van der Waals surface area contributed by atoms with Gasteiger partial charge >= 0.3 is 0 Å². The van der Waals surface area contributed by atoms with Gasteiger partial charge in [0.15, 0.2) is 0 Å². The summed E-state index contributed by atoms with van der Waals surface area (Å²) in [6, 6.07) is 9.43. The second-order valence-corrected chi connectivity index (χ2v) is 6.43. The zero-order chi connectivity index (χ0) is 13.7. The maximum Gasteiger partial charge on any atom is 0.0345 e. The van der Waals surface area contributed by atoms with Crippen LogP contribution < -0.4 is 5.32 Å². The lowest BCUT2D eigenvalue weighted by molar-refractivity contribution is 0.129. The Kier molecular flexibility index (Phi) is 8.11. The average molecular weight is 362 g/mol. The first-order valence-corrected chi connectivity index (χ1v) is 8.18. The third kappa shape index (κ3) is 4.73. The largest absolute Gasteiger partial charge is 0.319 e. The first kappa shape index (κ1) is 18.0. The first-order chi connectivity index (χ1) is 9.24. The monoisotopic (exact) mass is 360 g/mol. The average Bonchev–Trinajstić information content (AvgIpc) is 2.44. The molecular formula is C16H26BrClN2. The molecular weight excluding hydrogens is 336 g/mol. The maximum absolute atomic E-state index is 3.52. The van der Waals surface area contributed by atoms with Crippen molar-refractivity contribution < 1.29 is 0 Å². The van der Waals surface area contributed by atoms with Crippen molar-refractivity contribution in [3.63, 3.8) is 0 Å². The van der Waals surface area contributed by atoms with Crippen LogP contribution in [-0.2, 0) is 0 Å². The van der Waals surface area contributed by atoms with E-state index in [1.165, 1.54) is 48.9 Å². The quantitative estimate of drug-likeness (QED) is 0.843. The van der Waals surface area contributed by atoms with E-state index in [1.807, 2.05) is 0 Å². The number of nitrogens with zero attached hydrogens (tertiary/aromatic N) is 1. The van der Waals surface area contributed by atoms with E-state index >= 15 is 0 Å². The molecule has 0 aliphatic carbocycles. The minimum atomic E-state index is 0. The molecule has 1 unspecified atom stereocenters. The molecule has 1 saturated heterocycles. The summed E-state index contributed by atoms with van der Waals surface area (Å²) in [5, 5.41) is 3.31. The molecule has 0 radical (unpaired) electrons. The summed E-state index contributed by atoms with van der Waals surface area (Å²) < 4.78 is 1.17. The summed E-state index contributed by atoms with van der Waals surface area (Å²) in [5.74, 6) is 0.865. The molecule has 0 bridgehead atoms. The second-order valence-electron chi connectivity index (χ2n) is 5.51. The van der Waals surface area contributed by atoms with Crippen LogP contribution in [0.25, 0.3) is 0 Å². The number of nitrogens with one attached hydrogen (secondary N) is 1. The van der Waals surface area contributed by atoms with Gasteiger partial charge in [-0.2, -0.15) is 0 Å². The predicted octanol–water partition coefficient (Wildman–Crippen LogP) is 4.25. The van der Waals surface area contributed by atoms with Gasteiger partial charge in [0.05, 0.1) is 0 Å². The van der Waals surface area contributed by atoms with Crippen LogP contribution >= 0.6 is 28.3 Å². The predicted molar refractivity (Wildman–Crippen MR) is 92.6 cm³/mol. The molecule has 114 valence electrons. The van der Waals surface area contributed by atoms with Crippen molar-refractivity contribution in [3.8, 4) is 0 Å². The minimum Gasteiger partial charge on any atom is -0.319 e. The van der Waals surface area contributed by atoms with Crippen LogP contribution in [-0.4, -0.2) is 31.6 Å². The Morgan fingerprint density at radius 2 is 1.85 bits per heavy atom. The van der Waals surface area contributed by atoms with Crippen molar-refractivity contribution in [2.75, 3.05) is 26.7 Å². The van der Waals surface area contributed by atoms with Gasteiger partial charge in [0.2, 0.25) is 0 Å². The molecule has 1 aliphatic heterocycles. The van der Waals surface area contributed by atoms with Gasteiger partial charge < -0.3 is 5.32 Å². The highest BCUT2D eigenvalue weighted by Gasteiger charge is 2.24. The van der Waals surface area contributed by atoms with Gasteiger partial charge in [-0.25, -0.2) is 0 Å². The Bertz CT molecular complexity index is 375. The van der Waals surface area contributed by atoms with Gasteiger partial charge in [0.1, 0.15) is 0 Å². The van der Waals surface area contributed by atoms with E-state index in [0.29, 0.717) is 6.04 Å². The number of halogens is 2. The van der Waals surface area contributed by atoms with E-state index in [-0.39, 0.29) is 12.4 Å². The van der Waals surface area contributed by atoms with Crippen LogP contribution in [0.1, 0.15) is 37.8 Å². The van der Waals surface area contributed by atoms with Gasteiger partial charge in [-0.1, -0.05) is 35.0 Å². The van der Waals surface area contributed by atoms with Crippen molar-refractivity contribution in [3.05, 3.63) is 34.3 Å². The van der Waals surface area contributed by atoms with Crippen molar-refractivity contribution in [1.82, 2.24) is 10.2 Å². The molecule has 0 spiro atoms. The van der Waals surface area contributed by atoms with Crippen molar-refractivity contribution in [2.45, 2.75) is 32.2 Å². The molecule has 20 heavy (non-hydrogen) atoms. The second kappa shape index (κ2) is 9.04. The fourth-order valence-electron chi connectivity index (χ4n) is 3.15. The number of hydrogen-bond donors (Lipinski definition) is 1. The third-order valence-corrected chi connectivity index (χ3v) is 4.75. The van der Waals surface area contributed by atoms with Gasteiger partial charge in [-0.3, -0.25) is 4.90 Å². The van der Waals surface area contributed by atoms with Crippen LogP contribution in [0.2, 0.25) is 0 Å². The Morgan fingerprint density at radius 1 is 1.25 bits per heavy atom. The molecule has 1 atom stereocenters. The normalized spacial score (nSPS) is 18.6. The Hall–Kier alpha value is -0.0900. The molecule has 0 aromatic heterocycles. The number of rotatable bonds is 5. The fraction of sp³-hybridized carbons (Fsp3) is 0.625. The third-order valence-electron chi connectivity index (χ3n) is 4.22. The van der Waals surface area contributed by atoms with Crippen molar-refractivity contribution >= 4 is 28.3 Å². The van der Waals surface area contributed by atoms with E-state index in [9.17, 15) is 0 Å². The summed E-state index contributed by atoms with van der Waals surface area (Å²) in [5.41, 5.74) is 1.46. The number of piperidine rings is 1. The van der Waals surface area contributed by atoms with E-state index in [1.54, 1.807) is 0 Å². The molecule has 1 aromatic carbocycles. The summed E-state index contributed by atoms with van der Waals surface area (Å²) in [7, 11) is 2.06. The van der Waals surface area contributed by atoms with Crippen molar-refractivity contribution in [2.24, 2.45) is 5.92 Å². The zero-order valence-electron chi connectivity index (χ0n) is 12.4. The van der Waals surface area contributed by atoms with Crippen LogP contribution in [0.5, 0.6) is 0 Å². The number of benzene rings is 1. The number of hydrogen-bond acceptors (Lipinski definition) is 2. The van der Waals surface area contributed by atoms with Crippen LogP contribution in [0.4, 0.5) is 0 Å². The highest BCUT2D eigenvalue weighted by Crippen LogP contribution is 2.29. The number of likely N-dealkylation sites (tertiary alicyclic amines) is 1. The van der Waals surface area contributed by atoms with E-state index in [4.69, 9.17) is 0 Å². The summed E-state index contributed by atoms with van der Waals surface area (Å²) in [6.45, 7) is 5.94. The zero-order valence-corrected chi connectivity index (χ0v) is 14.8. The van der Waals surface area contributed by atoms with Crippen molar-refractivity contribution in [1.29, 1.82) is 0 Å². The molecule has 0 saturated carbocycles. The summed E-state index contributed by atoms with van der Waals surface area (Å²) >= 11 is 3.52. The van der Waals surface area contributed by atoms with Gasteiger partial charge in [0.25, 0.3) is 0 Å². The summed E-state index contributed by atoms with van der Waals surface area (Å²) in [4.78, 5) is 2.66. The topological polar surface area (TPSA) is 15.3 Å². The molecule has 2 nitrogen and oxygen atoms in total. The smallest absolute Gasteiger partial charge is 0.0345 e. The molecule has 2 rings (SSSR count). The Morgan fingerprint density at radius 3 is 2.35 bits per heavy atom. The molecule has 1 N–H and O–H groups in total.